The molecule has 2 aromatic carbocycles. The molecule has 0 unspecified atom stereocenters. The van der Waals surface area contributed by atoms with E-state index >= 15 is 0 Å². The van der Waals surface area contributed by atoms with Crippen molar-refractivity contribution in [2.75, 3.05) is 6.54 Å². The smallest absolute Gasteiger partial charge is 0.275 e. The van der Waals surface area contributed by atoms with Gasteiger partial charge in [-0.3, -0.25) is 4.79 Å². The van der Waals surface area contributed by atoms with Crippen molar-refractivity contribution in [3.05, 3.63) is 70.2 Å². The zero-order chi connectivity index (χ0) is 16.9. The highest BCUT2D eigenvalue weighted by Gasteiger charge is 2.22. The fourth-order valence-electron chi connectivity index (χ4n) is 3.34. The fourth-order valence-corrected chi connectivity index (χ4v) is 3.47. The highest BCUT2D eigenvalue weighted by molar-refractivity contribution is 6.30. The molecular weight excluding hydrogens is 320 g/mol. The van der Waals surface area contributed by atoms with E-state index < -0.39 is 0 Å². The highest BCUT2D eigenvalue weighted by Crippen LogP contribution is 2.29. The number of benzene rings is 2. The molecule has 0 radical (unpaired) electrons. The van der Waals surface area contributed by atoms with E-state index in [1.807, 2.05) is 24.3 Å². The van der Waals surface area contributed by atoms with Crippen LogP contribution < -0.4 is 10.6 Å². The molecule has 0 fully saturated rings. The zero-order valence-electron chi connectivity index (χ0n) is 14.0. The molecule has 2 aromatic rings. The van der Waals surface area contributed by atoms with Crippen LogP contribution in [-0.4, -0.2) is 12.5 Å². The Labute approximate surface area is 148 Å². The fraction of sp³-hybridized carbons (Fsp3) is 0.350. The number of hydrogen-bond donors (Lipinski definition) is 2. The predicted octanol–water partition coefficient (Wildman–Crippen LogP) is 3.16. The van der Waals surface area contributed by atoms with Crippen LogP contribution in [0.5, 0.6) is 0 Å². The molecule has 0 aliphatic heterocycles. The molecule has 0 spiro atoms. The minimum Gasteiger partial charge on any atom is -0.344 e. The van der Waals surface area contributed by atoms with Gasteiger partial charge in [-0.15, -0.1) is 0 Å². The Bertz CT molecular complexity index is 699. The highest BCUT2D eigenvalue weighted by atomic mass is 35.5. The molecule has 1 aliphatic carbocycles. The van der Waals surface area contributed by atoms with Gasteiger partial charge >= 0.3 is 0 Å². The van der Waals surface area contributed by atoms with E-state index in [1.165, 1.54) is 16.7 Å². The minimum absolute atomic E-state index is 0.0949. The average molecular weight is 344 g/mol. The first-order valence-electron chi connectivity index (χ1n) is 8.59. The van der Waals surface area contributed by atoms with E-state index in [2.05, 4.69) is 41.8 Å². The van der Waals surface area contributed by atoms with Crippen LogP contribution in [-0.2, 0) is 11.2 Å². The van der Waals surface area contributed by atoms with Gasteiger partial charge in [-0.1, -0.05) is 48.0 Å². The summed E-state index contributed by atoms with van der Waals surface area (Å²) in [6.45, 7) is 2.54. The first-order valence-corrected chi connectivity index (χ1v) is 8.97. The molecule has 3 N–H and O–H groups in total. The Morgan fingerprint density at radius 1 is 1.25 bits per heavy atom. The lowest BCUT2D eigenvalue weighted by atomic mass is 9.88. The number of halogens is 1. The third kappa shape index (κ3) is 4.16. The number of carbonyl (C=O) groups is 1. The van der Waals surface area contributed by atoms with Gasteiger partial charge in [0.2, 0.25) is 0 Å². The number of rotatable bonds is 5. The van der Waals surface area contributed by atoms with Gasteiger partial charge in [-0.25, -0.2) is 0 Å². The molecule has 0 saturated carbocycles. The van der Waals surface area contributed by atoms with Crippen LogP contribution in [0.25, 0.3) is 0 Å². The molecule has 4 heteroatoms. The standard InChI is InChI=1S/C20H23ClN2O/c1-14(15-9-11-17(21)12-10-15)22-13-20(24)23-19-8-4-6-16-5-2-3-7-18(16)19/h2-3,5,7,9-12,14,19,22H,4,6,8,13H2,1H3,(H,23,24)/p+1/t14-,19+/m1/s1. The van der Waals surface area contributed by atoms with Crippen LogP contribution in [0.1, 0.15) is 48.5 Å². The molecule has 24 heavy (non-hydrogen) atoms. The lowest BCUT2D eigenvalue weighted by Gasteiger charge is -2.26. The van der Waals surface area contributed by atoms with E-state index in [-0.39, 0.29) is 18.0 Å². The topological polar surface area (TPSA) is 45.7 Å². The van der Waals surface area contributed by atoms with Gasteiger partial charge < -0.3 is 10.6 Å². The van der Waals surface area contributed by atoms with Gasteiger partial charge in [0.25, 0.3) is 5.91 Å². The van der Waals surface area contributed by atoms with Gasteiger partial charge in [-0.2, -0.15) is 0 Å². The van der Waals surface area contributed by atoms with Crippen molar-refractivity contribution in [3.63, 3.8) is 0 Å². The second-order valence-electron chi connectivity index (χ2n) is 6.49. The Balaban J connectivity index is 1.54. The molecule has 1 aliphatic rings. The Morgan fingerprint density at radius 2 is 2.00 bits per heavy atom. The SMILES string of the molecule is C[C@@H]([NH2+]CC(=O)N[C@H]1CCCc2ccccc21)c1ccc(Cl)cc1. The number of hydrogen-bond acceptors (Lipinski definition) is 1. The van der Waals surface area contributed by atoms with Crippen LogP contribution in [0, 0.1) is 0 Å². The van der Waals surface area contributed by atoms with Crippen molar-refractivity contribution in [1.29, 1.82) is 0 Å². The van der Waals surface area contributed by atoms with Gasteiger partial charge in [0.15, 0.2) is 6.54 Å². The summed E-state index contributed by atoms with van der Waals surface area (Å²) in [7, 11) is 0. The van der Waals surface area contributed by atoms with Crippen molar-refractivity contribution in [1.82, 2.24) is 5.32 Å². The predicted molar refractivity (Wildman–Crippen MR) is 96.9 cm³/mol. The van der Waals surface area contributed by atoms with E-state index in [4.69, 9.17) is 11.6 Å². The number of carbonyl (C=O) groups excluding carboxylic acids is 1. The normalized spacial score (nSPS) is 17.8. The summed E-state index contributed by atoms with van der Waals surface area (Å²) in [4.78, 5) is 12.3. The number of amides is 1. The zero-order valence-corrected chi connectivity index (χ0v) is 14.7. The van der Waals surface area contributed by atoms with Crippen molar-refractivity contribution >= 4 is 17.5 Å². The molecular formula is C20H24ClN2O+. The van der Waals surface area contributed by atoms with Gasteiger partial charge in [0.1, 0.15) is 6.04 Å². The van der Waals surface area contributed by atoms with Gasteiger partial charge in [0, 0.05) is 10.6 Å². The quantitative estimate of drug-likeness (QED) is 0.860. The lowest BCUT2D eigenvalue weighted by Crippen LogP contribution is -2.87. The summed E-state index contributed by atoms with van der Waals surface area (Å²) in [5.41, 5.74) is 3.82. The first-order chi connectivity index (χ1) is 11.6. The molecule has 0 saturated heterocycles. The average Bonchev–Trinajstić information content (AvgIpc) is 2.61. The van der Waals surface area contributed by atoms with Crippen LogP contribution in [0.15, 0.2) is 48.5 Å². The maximum atomic E-state index is 12.3. The van der Waals surface area contributed by atoms with E-state index in [0.717, 1.165) is 24.3 Å². The van der Waals surface area contributed by atoms with Crippen molar-refractivity contribution in [3.8, 4) is 0 Å². The number of aryl methyl sites for hydroxylation is 1. The molecule has 3 nitrogen and oxygen atoms in total. The maximum absolute atomic E-state index is 12.3. The summed E-state index contributed by atoms with van der Waals surface area (Å²) in [5, 5.41) is 6.00. The van der Waals surface area contributed by atoms with Gasteiger partial charge in [-0.05, 0) is 49.4 Å². The first kappa shape index (κ1) is 17.0. The Kier molecular flexibility index (Phi) is 5.54. The second-order valence-corrected chi connectivity index (χ2v) is 6.93. The summed E-state index contributed by atoms with van der Waals surface area (Å²) < 4.78 is 0. The molecule has 126 valence electrons. The summed E-state index contributed by atoms with van der Waals surface area (Å²) in [6.07, 6.45) is 3.27. The summed E-state index contributed by atoms with van der Waals surface area (Å²) in [6, 6.07) is 16.6. The number of nitrogens with two attached hydrogens (primary N) is 1. The van der Waals surface area contributed by atoms with Crippen LogP contribution >= 0.6 is 11.6 Å². The van der Waals surface area contributed by atoms with Crippen LogP contribution in [0.3, 0.4) is 0 Å². The summed E-state index contributed by atoms with van der Waals surface area (Å²) >= 11 is 5.92. The molecule has 1 amide bonds. The van der Waals surface area contributed by atoms with E-state index in [1.54, 1.807) is 0 Å². The largest absolute Gasteiger partial charge is 0.344 e. The third-order valence-electron chi connectivity index (χ3n) is 4.76. The third-order valence-corrected chi connectivity index (χ3v) is 5.01. The maximum Gasteiger partial charge on any atom is 0.275 e. The minimum atomic E-state index is 0.0949. The Morgan fingerprint density at radius 3 is 2.79 bits per heavy atom. The van der Waals surface area contributed by atoms with E-state index in [9.17, 15) is 4.79 Å². The second kappa shape index (κ2) is 7.82. The molecule has 2 atom stereocenters. The van der Waals surface area contributed by atoms with E-state index in [0.29, 0.717) is 6.54 Å². The number of nitrogens with one attached hydrogen (secondary N) is 1. The Hall–Kier alpha value is -1.84. The monoisotopic (exact) mass is 343 g/mol. The van der Waals surface area contributed by atoms with Gasteiger partial charge in [0.05, 0.1) is 6.04 Å². The van der Waals surface area contributed by atoms with Crippen LogP contribution in [0.2, 0.25) is 5.02 Å². The summed E-state index contributed by atoms with van der Waals surface area (Å²) in [5.74, 6) is 0.0949. The lowest BCUT2D eigenvalue weighted by molar-refractivity contribution is -0.682. The molecule has 0 heterocycles. The molecule has 3 rings (SSSR count). The molecule has 0 aromatic heterocycles. The molecule has 0 bridgehead atoms. The van der Waals surface area contributed by atoms with Crippen molar-refractivity contribution in [2.45, 2.75) is 38.3 Å². The van der Waals surface area contributed by atoms with Crippen molar-refractivity contribution < 1.29 is 10.1 Å². The number of quaternary nitrogens is 1. The number of fused-ring (bicyclic) bond motifs is 1. The van der Waals surface area contributed by atoms with Crippen LogP contribution in [0.4, 0.5) is 0 Å². The van der Waals surface area contributed by atoms with Crippen molar-refractivity contribution in [2.24, 2.45) is 0 Å².